The molecule has 0 saturated heterocycles. The molecular formula is C17H12Cl3N5. The van der Waals surface area contributed by atoms with Gasteiger partial charge in [0, 0.05) is 21.8 Å². The van der Waals surface area contributed by atoms with Gasteiger partial charge in [-0.15, -0.1) is 5.11 Å². The molecule has 0 fully saturated rings. The molecule has 0 aliphatic rings. The van der Waals surface area contributed by atoms with Crippen molar-refractivity contribution in [3.63, 3.8) is 0 Å². The topological polar surface area (TPSA) is 62.5 Å². The van der Waals surface area contributed by atoms with Gasteiger partial charge in [0.1, 0.15) is 11.0 Å². The maximum absolute atomic E-state index is 6.03. The highest BCUT2D eigenvalue weighted by molar-refractivity contribution is 6.31. The number of anilines is 2. The zero-order valence-electron chi connectivity index (χ0n) is 12.8. The van der Waals surface area contributed by atoms with Crippen molar-refractivity contribution in [1.82, 2.24) is 9.97 Å². The first-order valence-corrected chi connectivity index (χ1v) is 8.41. The quantitative estimate of drug-likeness (QED) is 0.400. The summed E-state index contributed by atoms with van der Waals surface area (Å²) in [6.07, 6.45) is 0. The SMILES string of the molecule is Clc1ccc(CN=Nc2nc(Cl)cc(Nc3ccc(Cl)cc3)n2)cc1. The highest BCUT2D eigenvalue weighted by Crippen LogP contribution is 2.22. The predicted molar refractivity (Wildman–Crippen MR) is 101 cm³/mol. The van der Waals surface area contributed by atoms with Crippen LogP contribution in [0.1, 0.15) is 5.56 Å². The highest BCUT2D eigenvalue weighted by atomic mass is 35.5. The number of benzene rings is 2. The van der Waals surface area contributed by atoms with Gasteiger partial charge in [-0.3, -0.25) is 0 Å². The first-order valence-electron chi connectivity index (χ1n) is 7.27. The molecule has 1 aromatic heterocycles. The molecule has 126 valence electrons. The van der Waals surface area contributed by atoms with Gasteiger partial charge in [0.05, 0.1) is 6.54 Å². The van der Waals surface area contributed by atoms with Crippen molar-refractivity contribution in [3.8, 4) is 0 Å². The Balaban J connectivity index is 1.71. The first-order chi connectivity index (χ1) is 12.1. The number of aromatic nitrogens is 2. The number of hydrogen-bond donors (Lipinski definition) is 1. The van der Waals surface area contributed by atoms with E-state index in [1.165, 1.54) is 0 Å². The molecule has 3 rings (SSSR count). The maximum Gasteiger partial charge on any atom is 0.271 e. The minimum atomic E-state index is 0.179. The summed E-state index contributed by atoms with van der Waals surface area (Å²) in [5.41, 5.74) is 1.80. The first kappa shape index (κ1) is 17.6. The highest BCUT2D eigenvalue weighted by Gasteiger charge is 2.03. The number of hydrogen-bond acceptors (Lipinski definition) is 5. The molecule has 0 aliphatic heterocycles. The van der Waals surface area contributed by atoms with Gasteiger partial charge in [0.25, 0.3) is 5.95 Å². The normalized spacial score (nSPS) is 11.0. The molecule has 0 radical (unpaired) electrons. The van der Waals surface area contributed by atoms with Crippen LogP contribution in [0, 0.1) is 0 Å². The van der Waals surface area contributed by atoms with Crippen molar-refractivity contribution in [2.45, 2.75) is 6.54 Å². The van der Waals surface area contributed by atoms with Crippen molar-refractivity contribution >= 4 is 52.3 Å². The van der Waals surface area contributed by atoms with Crippen LogP contribution in [0.15, 0.2) is 64.8 Å². The molecule has 0 spiro atoms. The minimum absolute atomic E-state index is 0.179. The second-order valence-corrected chi connectivity index (χ2v) is 6.29. The summed E-state index contributed by atoms with van der Waals surface area (Å²) in [5.74, 6) is 0.695. The monoisotopic (exact) mass is 391 g/mol. The minimum Gasteiger partial charge on any atom is -0.340 e. The molecule has 0 amide bonds. The Hall–Kier alpha value is -2.21. The van der Waals surface area contributed by atoms with Crippen LogP contribution in [0.3, 0.4) is 0 Å². The van der Waals surface area contributed by atoms with E-state index < -0.39 is 0 Å². The Morgan fingerprint density at radius 2 is 1.48 bits per heavy atom. The van der Waals surface area contributed by atoms with E-state index in [4.69, 9.17) is 34.8 Å². The zero-order chi connectivity index (χ0) is 17.6. The van der Waals surface area contributed by atoms with Crippen LogP contribution in [0.5, 0.6) is 0 Å². The van der Waals surface area contributed by atoms with Gasteiger partial charge in [0.2, 0.25) is 0 Å². The van der Waals surface area contributed by atoms with Crippen molar-refractivity contribution in [3.05, 3.63) is 75.4 Å². The largest absolute Gasteiger partial charge is 0.340 e. The van der Waals surface area contributed by atoms with Gasteiger partial charge >= 0.3 is 0 Å². The third-order valence-corrected chi connectivity index (χ3v) is 3.82. The fourth-order valence-electron chi connectivity index (χ4n) is 1.97. The lowest BCUT2D eigenvalue weighted by Crippen LogP contribution is -1.94. The molecule has 1 N–H and O–H groups in total. The van der Waals surface area contributed by atoms with E-state index in [-0.39, 0.29) is 11.1 Å². The average Bonchev–Trinajstić information content (AvgIpc) is 2.58. The summed E-state index contributed by atoms with van der Waals surface area (Å²) < 4.78 is 0. The molecule has 0 aliphatic carbocycles. The van der Waals surface area contributed by atoms with Gasteiger partial charge in [-0.05, 0) is 42.0 Å². The van der Waals surface area contributed by atoms with E-state index in [1.807, 2.05) is 24.3 Å². The fraction of sp³-hybridized carbons (Fsp3) is 0.0588. The third-order valence-electron chi connectivity index (χ3n) is 3.13. The summed E-state index contributed by atoms with van der Waals surface area (Å²) in [6, 6.07) is 16.2. The number of azo groups is 1. The van der Waals surface area contributed by atoms with Crippen LogP contribution in [0.4, 0.5) is 17.5 Å². The van der Waals surface area contributed by atoms with Gasteiger partial charge < -0.3 is 5.32 Å². The summed E-state index contributed by atoms with van der Waals surface area (Å²) in [5, 5.41) is 12.8. The summed E-state index contributed by atoms with van der Waals surface area (Å²) in [7, 11) is 0. The van der Waals surface area contributed by atoms with Gasteiger partial charge in [-0.2, -0.15) is 15.1 Å². The molecule has 25 heavy (non-hydrogen) atoms. The second kappa shape index (κ2) is 8.25. The molecule has 5 nitrogen and oxygen atoms in total. The molecule has 0 saturated carbocycles. The molecule has 0 bridgehead atoms. The van der Waals surface area contributed by atoms with Gasteiger partial charge in [-0.25, -0.2) is 0 Å². The van der Waals surface area contributed by atoms with Crippen LogP contribution < -0.4 is 5.32 Å². The van der Waals surface area contributed by atoms with E-state index in [2.05, 4.69) is 25.5 Å². The van der Waals surface area contributed by atoms with Crippen LogP contribution in [0.25, 0.3) is 0 Å². The van der Waals surface area contributed by atoms with Crippen molar-refractivity contribution in [1.29, 1.82) is 0 Å². The van der Waals surface area contributed by atoms with E-state index in [0.29, 0.717) is 22.4 Å². The summed E-state index contributed by atoms with van der Waals surface area (Å²) >= 11 is 17.7. The lowest BCUT2D eigenvalue weighted by Gasteiger charge is -2.06. The second-order valence-electron chi connectivity index (χ2n) is 5.03. The standard InChI is InChI=1S/C17H12Cl3N5/c18-12-3-1-11(2-4-12)10-21-25-17-23-15(20)9-16(24-17)22-14-7-5-13(19)6-8-14/h1-9H,10H2,(H,22,23,24). The van der Waals surface area contributed by atoms with E-state index >= 15 is 0 Å². The van der Waals surface area contributed by atoms with Gasteiger partial charge in [0.15, 0.2) is 0 Å². The number of nitrogens with zero attached hydrogens (tertiary/aromatic N) is 4. The molecule has 3 aromatic rings. The Morgan fingerprint density at radius 1 is 0.840 bits per heavy atom. The van der Waals surface area contributed by atoms with Crippen molar-refractivity contribution < 1.29 is 0 Å². The lowest BCUT2D eigenvalue weighted by atomic mass is 10.2. The molecule has 0 atom stereocenters. The predicted octanol–water partition coefficient (Wildman–Crippen LogP) is 6.46. The van der Waals surface area contributed by atoms with Crippen molar-refractivity contribution in [2.75, 3.05) is 5.32 Å². The summed E-state index contributed by atoms with van der Waals surface area (Å²) in [4.78, 5) is 8.32. The van der Waals surface area contributed by atoms with E-state index in [1.54, 1.807) is 30.3 Å². The maximum atomic E-state index is 6.03. The Kier molecular flexibility index (Phi) is 5.81. The number of halogens is 3. The number of nitrogens with one attached hydrogen (secondary N) is 1. The lowest BCUT2D eigenvalue weighted by molar-refractivity contribution is 0.927. The van der Waals surface area contributed by atoms with E-state index in [9.17, 15) is 0 Å². The Morgan fingerprint density at radius 3 is 2.16 bits per heavy atom. The molecule has 2 aromatic carbocycles. The van der Waals surface area contributed by atoms with E-state index in [0.717, 1.165) is 11.3 Å². The van der Waals surface area contributed by atoms with Crippen LogP contribution in [0.2, 0.25) is 15.2 Å². The molecule has 1 heterocycles. The third kappa shape index (κ3) is 5.39. The zero-order valence-corrected chi connectivity index (χ0v) is 15.1. The number of rotatable bonds is 5. The fourth-order valence-corrected chi connectivity index (χ4v) is 2.40. The molecule has 8 heteroatoms. The Bertz CT molecular complexity index is 880. The molecular weight excluding hydrogens is 381 g/mol. The Labute approximate surface area is 159 Å². The van der Waals surface area contributed by atoms with Gasteiger partial charge in [-0.1, -0.05) is 46.9 Å². The summed E-state index contributed by atoms with van der Waals surface area (Å²) in [6.45, 7) is 0.396. The van der Waals surface area contributed by atoms with Crippen LogP contribution in [-0.4, -0.2) is 9.97 Å². The average molecular weight is 393 g/mol. The smallest absolute Gasteiger partial charge is 0.271 e. The van der Waals surface area contributed by atoms with Crippen LogP contribution >= 0.6 is 34.8 Å². The molecule has 0 unspecified atom stereocenters. The van der Waals surface area contributed by atoms with Crippen LogP contribution in [-0.2, 0) is 6.54 Å². The van der Waals surface area contributed by atoms with Crippen molar-refractivity contribution in [2.24, 2.45) is 10.2 Å².